The van der Waals surface area contributed by atoms with E-state index in [-0.39, 0.29) is 11.4 Å². The normalized spacial score (nSPS) is 10.4. The van der Waals surface area contributed by atoms with Crippen LogP contribution in [0.2, 0.25) is 0 Å². The van der Waals surface area contributed by atoms with Crippen LogP contribution in [0.25, 0.3) is 11.4 Å². The summed E-state index contributed by atoms with van der Waals surface area (Å²) in [4.78, 5) is 13.1. The van der Waals surface area contributed by atoms with Crippen molar-refractivity contribution in [2.24, 2.45) is 0 Å². The lowest BCUT2D eigenvalue weighted by molar-refractivity contribution is 0.630. The zero-order valence-electron chi connectivity index (χ0n) is 7.04. The Morgan fingerprint density at radius 3 is 2.86 bits per heavy atom. The van der Waals surface area contributed by atoms with Crippen molar-refractivity contribution in [3.05, 3.63) is 34.5 Å². The molecule has 4 N–H and O–H groups in total. The highest BCUT2D eigenvalue weighted by molar-refractivity contribution is 5.61. The Balaban J connectivity index is 2.61. The van der Waals surface area contributed by atoms with Crippen LogP contribution in [-0.2, 0) is 0 Å². The van der Waals surface area contributed by atoms with Crippen LogP contribution < -0.4 is 11.4 Å². The van der Waals surface area contributed by atoms with E-state index in [1.54, 1.807) is 0 Å². The number of nitrogen functional groups attached to an aromatic ring is 1. The zero-order chi connectivity index (χ0) is 10.1. The van der Waals surface area contributed by atoms with Crippen molar-refractivity contribution >= 4 is 5.69 Å². The summed E-state index contributed by atoms with van der Waals surface area (Å²) in [5.74, 6) is -0.346. The van der Waals surface area contributed by atoms with Crippen LogP contribution in [0.5, 0.6) is 0 Å². The molecule has 0 unspecified atom stereocenters. The Labute approximate surface area is 77.8 Å². The topological polar surface area (TPSA) is 87.6 Å². The van der Waals surface area contributed by atoms with Gasteiger partial charge in [-0.1, -0.05) is 0 Å². The van der Waals surface area contributed by atoms with Crippen molar-refractivity contribution in [1.82, 2.24) is 15.2 Å². The molecule has 6 heteroatoms. The molecule has 0 aliphatic rings. The number of hydrogen-bond donors (Lipinski definition) is 3. The molecule has 1 aromatic carbocycles. The van der Waals surface area contributed by atoms with Gasteiger partial charge < -0.3 is 5.73 Å². The number of nitrogens with one attached hydrogen (secondary N) is 2. The fraction of sp³-hybridized carbons (Fsp3) is 0. The molecule has 72 valence electrons. The Morgan fingerprint density at radius 1 is 1.43 bits per heavy atom. The van der Waals surface area contributed by atoms with Gasteiger partial charge in [-0.25, -0.2) is 14.3 Å². The number of nitrogens with zero attached hydrogens (tertiary/aromatic N) is 1. The van der Waals surface area contributed by atoms with E-state index in [4.69, 9.17) is 5.73 Å². The average molecular weight is 194 g/mol. The molecular formula is C8H7FN4O. The van der Waals surface area contributed by atoms with E-state index in [0.717, 1.165) is 0 Å². The highest BCUT2D eigenvalue weighted by atomic mass is 19.1. The first-order valence-corrected chi connectivity index (χ1v) is 3.87. The number of rotatable bonds is 1. The van der Waals surface area contributed by atoms with E-state index in [0.29, 0.717) is 5.69 Å². The Hall–Kier alpha value is -2.11. The van der Waals surface area contributed by atoms with Crippen molar-refractivity contribution in [2.75, 3.05) is 5.73 Å². The maximum Gasteiger partial charge on any atom is 0.340 e. The van der Waals surface area contributed by atoms with Crippen LogP contribution in [0.1, 0.15) is 0 Å². The van der Waals surface area contributed by atoms with Gasteiger partial charge in [-0.3, -0.25) is 4.98 Å². The molecule has 1 heterocycles. The summed E-state index contributed by atoms with van der Waals surface area (Å²) in [5, 5.41) is 5.74. The molecule has 0 aliphatic heterocycles. The van der Waals surface area contributed by atoms with Crippen molar-refractivity contribution < 1.29 is 4.39 Å². The molecule has 0 saturated carbocycles. The molecule has 5 nitrogen and oxygen atoms in total. The Kier molecular flexibility index (Phi) is 1.81. The molecule has 0 spiro atoms. The molecule has 0 saturated heterocycles. The minimum absolute atomic E-state index is 0.139. The highest BCUT2D eigenvalue weighted by Gasteiger charge is 2.08. The Bertz CT molecular complexity index is 516. The zero-order valence-corrected chi connectivity index (χ0v) is 7.04. The number of H-pyrrole nitrogens is 2. The molecule has 0 amide bonds. The number of benzene rings is 1. The molecule has 2 aromatic rings. The SMILES string of the molecule is Nc1ccc(F)c(-c2n[nH]c(=O)[nH]2)c1. The van der Waals surface area contributed by atoms with Gasteiger partial charge in [0, 0.05) is 5.69 Å². The van der Waals surface area contributed by atoms with Crippen molar-refractivity contribution in [3.63, 3.8) is 0 Å². The van der Waals surface area contributed by atoms with Crippen LogP contribution in [0.3, 0.4) is 0 Å². The van der Waals surface area contributed by atoms with Crippen LogP contribution in [0, 0.1) is 5.82 Å². The molecule has 0 bridgehead atoms. The predicted octanol–water partition coefficient (Wildman–Crippen LogP) is 0.486. The summed E-state index contributed by atoms with van der Waals surface area (Å²) in [6.45, 7) is 0. The van der Waals surface area contributed by atoms with Crippen LogP contribution in [-0.4, -0.2) is 15.2 Å². The molecule has 0 aliphatic carbocycles. The standard InChI is InChI=1S/C8H7FN4O/c9-6-2-1-4(10)3-5(6)7-11-8(14)13-12-7/h1-3H,10H2,(H2,11,12,13,14). The highest BCUT2D eigenvalue weighted by Crippen LogP contribution is 2.20. The number of aromatic nitrogens is 3. The number of anilines is 1. The van der Waals surface area contributed by atoms with Gasteiger partial charge in [0.2, 0.25) is 0 Å². The largest absolute Gasteiger partial charge is 0.399 e. The first kappa shape index (κ1) is 8.49. The van der Waals surface area contributed by atoms with Crippen molar-refractivity contribution in [3.8, 4) is 11.4 Å². The fourth-order valence-corrected chi connectivity index (χ4v) is 1.12. The van der Waals surface area contributed by atoms with E-state index < -0.39 is 11.5 Å². The summed E-state index contributed by atoms with van der Waals surface area (Å²) in [7, 11) is 0. The van der Waals surface area contributed by atoms with Gasteiger partial charge in [0.1, 0.15) is 5.82 Å². The summed E-state index contributed by atoms with van der Waals surface area (Å²) < 4.78 is 13.2. The smallest absolute Gasteiger partial charge is 0.340 e. The Morgan fingerprint density at radius 2 is 2.21 bits per heavy atom. The molecule has 14 heavy (non-hydrogen) atoms. The summed E-state index contributed by atoms with van der Waals surface area (Å²) in [6.07, 6.45) is 0. The number of hydrogen-bond acceptors (Lipinski definition) is 3. The molecule has 0 radical (unpaired) electrons. The van der Waals surface area contributed by atoms with E-state index in [2.05, 4.69) is 15.2 Å². The minimum Gasteiger partial charge on any atom is -0.399 e. The van der Waals surface area contributed by atoms with Crippen LogP contribution in [0.4, 0.5) is 10.1 Å². The average Bonchev–Trinajstić information content (AvgIpc) is 2.56. The van der Waals surface area contributed by atoms with Gasteiger partial charge in [-0.2, -0.15) is 5.10 Å². The first-order chi connectivity index (χ1) is 6.66. The lowest BCUT2D eigenvalue weighted by Crippen LogP contribution is -2.00. The molecule has 0 fully saturated rings. The quantitative estimate of drug-likeness (QED) is 0.577. The molecule has 0 atom stereocenters. The third-order valence-electron chi connectivity index (χ3n) is 1.75. The number of nitrogens with two attached hydrogens (primary N) is 1. The van der Waals surface area contributed by atoms with Crippen molar-refractivity contribution in [1.29, 1.82) is 0 Å². The van der Waals surface area contributed by atoms with Gasteiger partial charge in [0.15, 0.2) is 5.82 Å². The maximum absolute atomic E-state index is 13.2. The molecular weight excluding hydrogens is 187 g/mol. The van der Waals surface area contributed by atoms with E-state index in [9.17, 15) is 9.18 Å². The van der Waals surface area contributed by atoms with E-state index in [1.807, 2.05) is 0 Å². The fourth-order valence-electron chi connectivity index (χ4n) is 1.12. The molecule has 2 rings (SSSR count). The minimum atomic E-state index is -0.484. The summed E-state index contributed by atoms with van der Waals surface area (Å²) >= 11 is 0. The third-order valence-corrected chi connectivity index (χ3v) is 1.75. The van der Waals surface area contributed by atoms with Crippen LogP contribution >= 0.6 is 0 Å². The van der Waals surface area contributed by atoms with E-state index in [1.165, 1.54) is 18.2 Å². The second-order valence-electron chi connectivity index (χ2n) is 2.77. The third kappa shape index (κ3) is 1.37. The van der Waals surface area contributed by atoms with Crippen LogP contribution in [0.15, 0.2) is 23.0 Å². The van der Waals surface area contributed by atoms with E-state index >= 15 is 0 Å². The molecule has 1 aromatic heterocycles. The monoisotopic (exact) mass is 194 g/mol. The number of halogens is 1. The lowest BCUT2D eigenvalue weighted by Gasteiger charge is -1.99. The lowest BCUT2D eigenvalue weighted by atomic mass is 10.2. The number of aromatic amines is 2. The first-order valence-electron chi connectivity index (χ1n) is 3.87. The van der Waals surface area contributed by atoms with Gasteiger partial charge in [-0.15, -0.1) is 0 Å². The maximum atomic E-state index is 13.2. The predicted molar refractivity (Wildman–Crippen MR) is 49.0 cm³/mol. The van der Waals surface area contributed by atoms with Gasteiger partial charge >= 0.3 is 5.69 Å². The van der Waals surface area contributed by atoms with Gasteiger partial charge in [-0.05, 0) is 18.2 Å². The summed E-state index contributed by atoms with van der Waals surface area (Å²) in [6, 6.07) is 4.06. The van der Waals surface area contributed by atoms with Gasteiger partial charge in [0.25, 0.3) is 0 Å². The second-order valence-corrected chi connectivity index (χ2v) is 2.77. The van der Waals surface area contributed by atoms with Gasteiger partial charge in [0.05, 0.1) is 5.56 Å². The van der Waals surface area contributed by atoms with Crippen molar-refractivity contribution in [2.45, 2.75) is 0 Å². The second kappa shape index (κ2) is 2.99. The summed E-state index contributed by atoms with van der Waals surface area (Å²) in [5.41, 5.74) is 5.57.